The van der Waals surface area contributed by atoms with Crippen molar-refractivity contribution in [2.45, 2.75) is 44.8 Å². The number of ether oxygens (including phenoxy) is 1. The minimum atomic E-state index is -0.762. The van der Waals surface area contributed by atoms with Gasteiger partial charge in [0.05, 0.1) is 0 Å². The van der Waals surface area contributed by atoms with Gasteiger partial charge in [-0.25, -0.2) is 10.6 Å². The molecule has 3 rings (SSSR count). The van der Waals surface area contributed by atoms with Gasteiger partial charge in [0.15, 0.2) is 0 Å². The third kappa shape index (κ3) is 1.86. The van der Waals surface area contributed by atoms with Crippen molar-refractivity contribution in [2.75, 3.05) is 6.54 Å². The molecule has 2 heterocycles. The fourth-order valence-corrected chi connectivity index (χ4v) is 2.69. The zero-order valence-corrected chi connectivity index (χ0v) is 10.4. The molecule has 3 aliphatic rings. The first-order valence-corrected chi connectivity index (χ1v) is 5.80. The molecule has 3 fully saturated rings. The van der Waals surface area contributed by atoms with Crippen LogP contribution in [-0.4, -0.2) is 34.6 Å². The van der Waals surface area contributed by atoms with Gasteiger partial charge in [-0.3, -0.25) is 15.1 Å². The standard InChI is InChI=1S/C11H19N3O3/c1-10(2,3)17-9(16)14-6-7-4-11(14,5-7)8(15)13-12/h7H,4-6,12H2,1-3H3,(H,13,15). The second-order valence-electron chi connectivity index (χ2n) is 5.87. The van der Waals surface area contributed by atoms with Crippen LogP contribution >= 0.6 is 0 Å². The van der Waals surface area contributed by atoms with E-state index in [9.17, 15) is 9.59 Å². The largest absolute Gasteiger partial charge is 0.444 e. The normalized spacial score (nSPS) is 30.8. The maximum atomic E-state index is 12.0. The quantitative estimate of drug-likeness (QED) is 0.395. The van der Waals surface area contributed by atoms with Crippen LogP contribution in [0.25, 0.3) is 0 Å². The lowest BCUT2D eigenvalue weighted by Gasteiger charge is -2.39. The molecule has 6 heteroatoms. The van der Waals surface area contributed by atoms with E-state index < -0.39 is 17.2 Å². The summed E-state index contributed by atoms with van der Waals surface area (Å²) in [5.74, 6) is 5.28. The second-order valence-corrected chi connectivity index (χ2v) is 5.87. The summed E-state index contributed by atoms with van der Waals surface area (Å²) in [6.07, 6.45) is 0.950. The summed E-state index contributed by atoms with van der Waals surface area (Å²) in [5.41, 5.74) is 0.831. The van der Waals surface area contributed by atoms with Crippen LogP contribution in [0.2, 0.25) is 0 Å². The Hall–Kier alpha value is -1.30. The highest BCUT2D eigenvalue weighted by Gasteiger charge is 2.63. The zero-order valence-electron chi connectivity index (χ0n) is 10.4. The highest BCUT2D eigenvalue weighted by Crippen LogP contribution is 2.50. The molecule has 0 aromatic rings. The van der Waals surface area contributed by atoms with Gasteiger partial charge in [-0.05, 0) is 39.5 Å². The van der Waals surface area contributed by atoms with Gasteiger partial charge in [-0.15, -0.1) is 0 Å². The molecule has 2 saturated heterocycles. The van der Waals surface area contributed by atoms with E-state index in [2.05, 4.69) is 5.43 Å². The molecule has 0 radical (unpaired) electrons. The van der Waals surface area contributed by atoms with Crippen molar-refractivity contribution in [2.24, 2.45) is 11.8 Å². The van der Waals surface area contributed by atoms with E-state index in [4.69, 9.17) is 10.6 Å². The van der Waals surface area contributed by atoms with Gasteiger partial charge in [-0.1, -0.05) is 0 Å². The molecule has 17 heavy (non-hydrogen) atoms. The predicted octanol–water partition coefficient (Wildman–Crippen LogP) is 0.376. The van der Waals surface area contributed by atoms with Crippen molar-refractivity contribution >= 4 is 12.0 Å². The SMILES string of the molecule is CC(C)(C)OC(=O)N1CC2CC1(C(=O)NN)C2. The summed E-state index contributed by atoms with van der Waals surface area (Å²) in [7, 11) is 0. The molecule has 0 aromatic carbocycles. The van der Waals surface area contributed by atoms with Crippen LogP contribution in [0, 0.1) is 5.92 Å². The third-order valence-corrected chi connectivity index (χ3v) is 3.38. The van der Waals surface area contributed by atoms with Crippen molar-refractivity contribution in [1.82, 2.24) is 10.3 Å². The Morgan fingerprint density at radius 2 is 2.00 bits per heavy atom. The summed E-state index contributed by atoms with van der Waals surface area (Å²) in [5, 5.41) is 0. The zero-order chi connectivity index (χ0) is 12.8. The molecule has 96 valence electrons. The summed E-state index contributed by atoms with van der Waals surface area (Å²) >= 11 is 0. The smallest absolute Gasteiger partial charge is 0.411 e. The number of carbonyl (C=O) groups is 2. The Labute approximate surface area is 100 Å². The number of fused-ring (bicyclic) bond motifs is 1. The van der Waals surface area contributed by atoms with Crippen LogP contribution < -0.4 is 11.3 Å². The number of amides is 2. The Morgan fingerprint density at radius 3 is 2.47 bits per heavy atom. The van der Waals surface area contributed by atoms with Gasteiger partial charge in [0, 0.05) is 6.54 Å². The Balaban J connectivity index is 2.12. The van der Waals surface area contributed by atoms with Crippen LogP contribution in [0.1, 0.15) is 33.6 Å². The molecule has 0 unspecified atom stereocenters. The first-order valence-electron chi connectivity index (χ1n) is 5.80. The average molecular weight is 241 g/mol. The lowest BCUT2D eigenvalue weighted by atomic mass is 9.73. The predicted molar refractivity (Wildman–Crippen MR) is 60.7 cm³/mol. The number of hydrogen-bond acceptors (Lipinski definition) is 4. The molecule has 0 spiro atoms. The molecule has 2 bridgehead atoms. The van der Waals surface area contributed by atoms with E-state index in [1.165, 1.54) is 4.90 Å². The van der Waals surface area contributed by atoms with E-state index in [0.29, 0.717) is 25.3 Å². The maximum absolute atomic E-state index is 12.0. The van der Waals surface area contributed by atoms with Gasteiger partial charge in [-0.2, -0.15) is 0 Å². The topological polar surface area (TPSA) is 84.7 Å². The van der Waals surface area contributed by atoms with Gasteiger partial charge in [0.2, 0.25) is 0 Å². The van der Waals surface area contributed by atoms with Gasteiger partial charge < -0.3 is 4.74 Å². The monoisotopic (exact) mass is 241 g/mol. The van der Waals surface area contributed by atoms with Gasteiger partial charge >= 0.3 is 6.09 Å². The lowest BCUT2D eigenvalue weighted by molar-refractivity contribution is -0.134. The number of carbonyl (C=O) groups excluding carboxylic acids is 2. The molecule has 0 aromatic heterocycles. The molecule has 6 nitrogen and oxygen atoms in total. The van der Waals surface area contributed by atoms with Crippen LogP contribution in [0.4, 0.5) is 4.79 Å². The van der Waals surface area contributed by atoms with E-state index >= 15 is 0 Å². The number of nitrogens with one attached hydrogen (secondary N) is 1. The number of nitrogens with zero attached hydrogens (tertiary/aromatic N) is 1. The minimum Gasteiger partial charge on any atom is -0.444 e. The van der Waals surface area contributed by atoms with Crippen molar-refractivity contribution in [3.8, 4) is 0 Å². The molecule has 0 atom stereocenters. The summed E-state index contributed by atoms with van der Waals surface area (Å²) in [4.78, 5) is 25.3. The summed E-state index contributed by atoms with van der Waals surface area (Å²) in [6, 6.07) is 0. The first-order chi connectivity index (χ1) is 7.78. The highest BCUT2D eigenvalue weighted by atomic mass is 16.6. The summed E-state index contributed by atoms with van der Waals surface area (Å²) in [6.45, 7) is 6.01. The molecule has 1 saturated carbocycles. The molecule has 2 amide bonds. The van der Waals surface area contributed by atoms with E-state index in [1.807, 2.05) is 0 Å². The number of rotatable bonds is 1. The second kappa shape index (κ2) is 3.60. The van der Waals surface area contributed by atoms with E-state index in [1.54, 1.807) is 20.8 Å². The fourth-order valence-electron chi connectivity index (χ4n) is 2.69. The number of hydrazine groups is 1. The Kier molecular flexibility index (Phi) is 2.57. The molecular formula is C11H19N3O3. The van der Waals surface area contributed by atoms with Crippen LogP contribution in [0.15, 0.2) is 0 Å². The van der Waals surface area contributed by atoms with Gasteiger partial charge in [0.1, 0.15) is 11.1 Å². The minimum absolute atomic E-state index is 0.294. The van der Waals surface area contributed by atoms with Gasteiger partial charge in [0.25, 0.3) is 5.91 Å². The lowest BCUT2D eigenvalue weighted by Crippen LogP contribution is -2.60. The number of hydrogen-bond donors (Lipinski definition) is 2. The molecule has 3 N–H and O–H groups in total. The van der Waals surface area contributed by atoms with Crippen molar-refractivity contribution in [3.05, 3.63) is 0 Å². The average Bonchev–Trinajstić information content (AvgIpc) is 2.67. The molecule has 1 aliphatic carbocycles. The van der Waals surface area contributed by atoms with Crippen molar-refractivity contribution in [1.29, 1.82) is 0 Å². The maximum Gasteiger partial charge on any atom is 0.411 e. The fraction of sp³-hybridized carbons (Fsp3) is 0.818. The van der Waals surface area contributed by atoms with Crippen molar-refractivity contribution < 1.29 is 14.3 Å². The third-order valence-electron chi connectivity index (χ3n) is 3.38. The van der Waals surface area contributed by atoms with Crippen LogP contribution in [0.3, 0.4) is 0 Å². The molecule has 2 aliphatic heterocycles. The number of nitrogens with two attached hydrogens (primary N) is 1. The Bertz CT molecular complexity index is 355. The van der Waals surface area contributed by atoms with Crippen LogP contribution in [0.5, 0.6) is 0 Å². The van der Waals surface area contributed by atoms with E-state index in [-0.39, 0.29) is 5.91 Å². The van der Waals surface area contributed by atoms with Crippen LogP contribution in [-0.2, 0) is 9.53 Å². The highest BCUT2D eigenvalue weighted by molar-refractivity contribution is 5.92. The Morgan fingerprint density at radius 1 is 1.41 bits per heavy atom. The molecular weight excluding hydrogens is 222 g/mol. The van der Waals surface area contributed by atoms with Crippen molar-refractivity contribution in [3.63, 3.8) is 0 Å². The first kappa shape index (κ1) is 12.2. The summed E-state index contributed by atoms with van der Waals surface area (Å²) < 4.78 is 5.30. The van der Waals surface area contributed by atoms with E-state index in [0.717, 1.165) is 0 Å².